The summed E-state index contributed by atoms with van der Waals surface area (Å²) in [5.41, 5.74) is 8.00. The molecule has 0 aliphatic heterocycles. The third-order valence-electron chi connectivity index (χ3n) is 2.61. The van der Waals surface area contributed by atoms with E-state index < -0.39 is 0 Å². The molecule has 16 heavy (non-hydrogen) atoms. The third-order valence-corrected chi connectivity index (χ3v) is 3.51. The maximum Gasteiger partial charge on any atom is 0.139 e. The number of nitrogen functional groups attached to an aromatic ring is 1. The summed E-state index contributed by atoms with van der Waals surface area (Å²) in [6.45, 7) is 2.08. The molecule has 2 heterocycles. The summed E-state index contributed by atoms with van der Waals surface area (Å²) in [6, 6.07) is 1.95. The Balaban J connectivity index is 2.60. The molecule has 0 bridgehead atoms. The number of hydrogen-bond acceptors (Lipinski definition) is 4. The van der Waals surface area contributed by atoms with Gasteiger partial charge in [0.2, 0.25) is 0 Å². The summed E-state index contributed by atoms with van der Waals surface area (Å²) in [6.07, 6.45) is 0.871. The number of hydrogen-bond donors (Lipinski definition) is 1. The summed E-state index contributed by atoms with van der Waals surface area (Å²) in [4.78, 5) is 1.05. The zero-order valence-electron chi connectivity index (χ0n) is 9.65. The van der Waals surface area contributed by atoms with Gasteiger partial charge < -0.3 is 10.5 Å². The van der Waals surface area contributed by atoms with Gasteiger partial charge in [0.15, 0.2) is 0 Å². The molecule has 0 unspecified atom stereocenters. The van der Waals surface area contributed by atoms with Gasteiger partial charge in [-0.2, -0.15) is 5.10 Å². The first-order valence-electron chi connectivity index (χ1n) is 5.12. The van der Waals surface area contributed by atoms with Crippen molar-refractivity contribution in [3.05, 3.63) is 17.0 Å². The van der Waals surface area contributed by atoms with Crippen LogP contribution in [-0.4, -0.2) is 16.9 Å². The molecule has 0 saturated carbocycles. The van der Waals surface area contributed by atoms with E-state index in [-0.39, 0.29) is 0 Å². The third kappa shape index (κ3) is 1.57. The van der Waals surface area contributed by atoms with Crippen molar-refractivity contribution in [3.8, 4) is 16.3 Å². The van der Waals surface area contributed by atoms with E-state index in [2.05, 4.69) is 12.0 Å². The van der Waals surface area contributed by atoms with E-state index in [1.807, 2.05) is 18.5 Å². The number of aromatic nitrogens is 2. The molecule has 2 aromatic heterocycles. The SMILES string of the molecule is CCc1c(-c2sccc2OC)nn(C)c1N. The maximum absolute atomic E-state index is 5.98. The Hall–Kier alpha value is -1.49. The first kappa shape index (κ1) is 11.0. The van der Waals surface area contributed by atoms with Gasteiger partial charge in [0, 0.05) is 12.6 Å². The van der Waals surface area contributed by atoms with Gasteiger partial charge in [-0.15, -0.1) is 11.3 Å². The highest BCUT2D eigenvalue weighted by atomic mass is 32.1. The molecule has 0 spiro atoms. The zero-order valence-corrected chi connectivity index (χ0v) is 10.5. The maximum atomic E-state index is 5.98. The molecule has 0 saturated heterocycles. The highest BCUT2D eigenvalue weighted by Gasteiger charge is 2.18. The lowest BCUT2D eigenvalue weighted by atomic mass is 10.1. The molecule has 4 nitrogen and oxygen atoms in total. The largest absolute Gasteiger partial charge is 0.495 e. The van der Waals surface area contributed by atoms with E-state index in [0.717, 1.165) is 34.1 Å². The van der Waals surface area contributed by atoms with E-state index in [1.165, 1.54) is 0 Å². The number of methoxy groups -OCH3 is 1. The van der Waals surface area contributed by atoms with Crippen molar-refractivity contribution in [2.75, 3.05) is 12.8 Å². The van der Waals surface area contributed by atoms with Crippen LogP contribution >= 0.6 is 11.3 Å². The Morgan fingerprint density at radius 2 is 2.31 bits per heavy atom. The van der Waals surface area contributed by atoms with E-state index in [9.17, 15) is 0 Å². The normalized spacial score (nSPS) is 10.7. The predicted octanol–water partition coefficient (Wildman–Crippen LogP) is 2.30. The zero-order chi connectivity index (χ0) is 11.7. The van der Waals surface area contributed by atoms with Crippen molar-refractivity contribution in [2.45, 2.75) is 13.3 Å². The summed E-state index contributed by atoms with van der Waals surface area (Å²) < 4.78 is 7.02. The second-order valence-electron chi connectivity index (χ2n) is 3.51. The molecule has 0 atom stereocenters. The number of nitrogens with two attached hydrogens (primary N) is 1. The van der Waals surface area contributed by atoms with Crippen LogP contribution in [0.15, 0.2) is 11.4 Å². The Bertz CT molecular complexity index is 501. The molecule has 2 aromatic rings. The molecule has 86 valence electrons. The fourth-order valence-corrected chi connectivity index (χ4v) is 2.61. The quantitative estimate of drug-likeness (QED) is 0.891. The molecule has 0 radical (unpaired) electrons. The average molecular weight is 237 g/mol. The van der Waals surface area contributed by atoms with Gasteiger partial charge in [-0.3, -0.25) is 4.68 Å². The van der Waals surface area contributed by atoms with Gasteiger partial charge in [0.1, 0.15) is 17.3 Å². The summed E-state index contributed by atoms with van der Waals surface area (Å²) in [5.74, 6) is 1.59. The van der Waals surface area contributed by atoms with Crippen LogP contribution in [0, 0.1) is 0 Å². The van der Waals surface area contributed by atoms with E-state index in [1.54, 1.807) is 23.1 Å². The highest BCUT2D eigenvalue weighted by molar-refractivity contribution is 7.14. The van der Waals surface area contributed by atoms with Gasteiger partial charge in [0.05, 0.1) is 12.0 Å². The topological polar surface area (TPSA) is 53.1 Å². The Morgan fingerprint density at radius 3 is 2.94 bits per heavy atom. The standard InChI is InChI=1S/C11H15N3OS/c1-4-7-9(13-14(2)11(7)12)10-8(15-3)5-6-16-10/h5-6H,4,12H2,1-3H3. The van der Waals surface area contributed by atoms with Crippen molar-refractivity contribution >= 4 is 17.2 Å². The first-order chi connectivity index (χ1) is 7.69. The molecule has 0 aromatic carbocycles. The molecular formula is C11H15N3OS. The average Bonchev–Trinajstić information content (AvgIpc) is 2.84. The van der Waals surface area contributed by atoms with E-state index >= 15 is 0 Å². The molecule has 0 amide bonds. The van der Waals surface area contributed by atoms with Crippen LogP contribution in [0.25, 0.3) is 10.6 Å². The van der Waals surface area contributed by atoms with Crippen LogP contribution in [0.5, 0.6) is 5.75 Å². The number of thiophene rings is 1. The minimum atomic E-state index is 0.730. The van der Waals surface area contributed by atoms with Crippen molar-refractivity contribution in [1.29, 1.82) is 0 Å². The minimum absolute atomic E-state index is 0.730. The van der Waals surface area contributed by atoms with Gasteiger partial charge in [0.25, 0.3) is 0 Å². The second kappa shape index (κ2) is 4.17. The first-order valence-corrected chi connectivity index (χ1v) is 6.00. The van der Waals surface area contributed by atoms with Crippen molar-refractivity contribution < 1.29 is 4.74 Å². The number of anilines is 1. The van der Waals surface area contributed by atoms with Gasteiger partial charge >= 0.3 is 0 Å². The Labute approximate surface area is 98.6 Å². The van der Waals surface area contributed by atoms with E-state index in [4.69, 9.17) is 10.5 Å². The fourth-order valence-electron chi connectivity index (χ4n) is 1.74. The number of ether oxygens (including phenoxy) is 1. The number of rotatable bonds is 3. The number of aryl methyl sites for hydroxylation is 1. The van der Waals surface area contributed by atoms with Crippen LogP contribution in [0.4, 0.5) is 5.82 Å². The minimum Gasteiger partial charge on any atom is -0.495 e. The summed E-state index contributed by atoms with van der Waals surface area (Å²) in [5, 5.41) is 6.45. The second-order valence-corrected chi connectivity index (χ2v) is 4.42. The van der Waals surface area contributed by atoms with Crippen LogP contribution < -0.4 is 10.5 Å². The highest BCUT2D eigenvalue weighted by Crippen LogP contribution is 2.38. The van der Waals surface area contributed by atoms with E-state index in [0.29, 0.717) is 0 Å². The van der Waals surface area contributed by atoms with Crippen LogP contribution in [0.1, 0.15) is 12.5 Å². The molecule has 0 aliphatic carbocycles. The smallest absolute Gasteiger partial charge is 0.139 e. The lowest BCUT2D eigenvalue weighted by Gasteiger charge is -2.01. The van der Waals surface area contributed by atoms with Crippen molar-refractivity contribution in [2.24, 2.45) is 7.05 Å². The van der Waals surface area contributed by atoms with Gasteiger partial charge in [-0.1, -0.05) is 6.92 Å². The Kier molecular flexibility index (Phi) is 2.87. The van der Waals surface area contributed by atoms with Gasteiger partial charge in [-0.05, 0) is 17.9 Å². The van der Waals surface area contributed by atoms with Crippen LogP contribution in [0.3, 0.4) is 0 Å². The summed E-state index contributed by atoms with van der Waals surface area (Å²) >= 11 is 1.62. The van der Waals surface area contributed by atoms with Crippen molar-refractivity contribution in [1.82, 2.24) is 9.78 Å². The van der Waals surface area contributed by atoms with Gasteiger partial charge in [-0.25, -0.2) is 0 Å². The fraction of sp³-hybridized carbons (Fsp3) is 0.364. The Morgan fingerprint density at radius 1 is 1.56 bits per heavy atom. The summed E-state index contributed by atoms with van der Waals surface area (Å²) in [7, 11) is 3.53. The molecule has 0 fully saturated rings. The molecular weight excluding hydrogens is 222 g/mol. The molecule has 0 aliphatic rings. The van der Waals surface area contributed by atoms with Crippen LogP contribution in [0.2, 0.25) is 0 Å². The molecule has 5 heteroatoms. The lowest BCUT2D eigenvalue weighted by molar-refractivity contribution is 0.418. The van der Waals surface area contributed by atoms with Crippen LogP contribution in [-0.2, 0) is 13.5 Å². The molecule has 2 N–H and O–H groups in total. The van der Waals surface area contributed by atoms with Crippen molar-refractivity contribution in [3.63, 3.8) is 0 Å². The monoisotopic (exact) mass is 237 g/mol. The number of nitrogens with zero attached hydrogens (tertiary/aromatic N) is 2. The predicted molar refractivity (Wildman–Crippen MR) is 66.9 cm³/mol. The lowest BCUT2D eigenvalue weighted by Crippen LogP contribution is -1.98. The molecule has 2 rings (SSSR count).